The number of alkyl halides is 3. The molecule has 1 N–H and O–H groups in total. The van der Waals surface area contributed by atoms with Gasteiger partial charge in [-0.15, -0.1) is 0 Å². The fourth-order valence-corrected chi connectivity index (χ4v) is 3.92. The first-order valence-corrected chi connectivity index (χ1v) is 10.5. The first kappa shape index (κ1) is 24.7. The van der Waals surface area contributed by atoms with Crippen molar-refractivity contribution >= 4 is 11.9 Å². The summed E-state index contributed by atoms with van der Waals surface area (Å²) in [7, 11) is 0. The van der Waals surface area contributed by atoms with Gasteiger partial charge in [0.05, 0.1) is 31.5 Å². The predicted octanol–water partition coefficient (Wildman–Crippen LogP) is 3.70. The molecular weight excluding hydrogens is 441 g/mol. The fraction of sp³-hybridized carbons (Fsp3) is 0.435. The third-order valence-corrected chi connectivity index (χ3v) is 5.50. The highest BCUT2D eigenvalue weighted by Gasteiger charge is 2.45. The summed E-state index contributed by atoms with van der Waals surface area (Å²) in [6, 6.07) is 13.4. The van der Waals surface area contributed by atoms with Gasteiger partial charge in [-0.25, -0.2) is 4.79 Å². The fourth-order valence-electron chi connectivity index (χ4n) is 3.92. The molecule has 0 bridgehead atoms. The number of aliphatic carboxylic acids is 1. The maximum absolute atomic E-state index is 12.8. The molecule has 0 saturated carbocycles. The number of hydrogen-bond donors (Lipinski definition) is 1. The Morgan fingerprint density at radius 3 is 2.48 bits per heavy atom. The second-order valence-corrected chi connectivity index (χ2v) is 7.99. The first-order chi connectivity index (χ1) is 15.7. The van der Waals surface area contributed by atoms with Crippen LogP contribution in [0, 0.1) is 0 Å². The minimum Gasteiger partial charge on any atom is -0.475 e. The van der Waals surface area contributed by atoms with Gasteiger partial charge in [0.1, 0.15) is 0 Å². The zero-order valence-electron chi connectivity index (χ0n) is 17.8. The number of nitrogens with zero attached hydrogens (tertiary/aromatic N) is 2. The van der Waals surface area contributed by atoms with Crippen molar-refractivity contribution in [3.63, 3.8) is 0 Å². The van der Waals surface area contributed by atoms with Crippen LogP contribution in [-0.4, -0.2) is 64.4 Å². The number of likely N-dealkylation sites (tertiary alicyclic amines) is 1. The van der Waals surface area contributed by atoms with Gasteiger partial charge in [-0.05, 0) is 42.7 Å². The zero-order chi connectivity index (χ0) is 23.9. The monoisotopic (exact) mass is 466 g/mol. The average molecular weight is 466 g/mol. The van der Waals surface area contributed by atoms with Crippen molar-refractivity contribution in [3.8, 4) is 0 Å². The highest BCUT2D eigenvalue weighted by molar-refractivity contribution is 5.94. The average Bonchev–Trinajstić information content (AvgIpc) is 3.20. The number of carbonyl (C=O) groups is 2. The van der Waals surface area contributed by atoms with E-state index < -0.39 is 12.1 Å². The van der Waals surface area contributed by atoms with E-state index in [0.29, 0.717) is 19.8 Å². The predicted molar refractivity (Wildman–Crippen MR) is 111 cm³/mol. The van der Waals surface area contributed by atoms with Gasteiger partial charge in [0.2, 0.25) is 0 Å². The summed E-state index contributed by atoms with van der Waals surface area (Å²) in [5.74, 6) is -2.66. The Hall–Kier alpha value is -2.98. The largest absolute Gasteiger partial charge is 0.490 e. The maximum Gasteiger partial charge on any atom is 0.490 e. The maximum atomic E-state index is 12.8. The van der Waals surface area contributed by atoms with Crippen LogP contribution in [0.2, 0.25) is 0 Å². The van der Waals surface area contributed by atoms with Gasteiger partial charge in [0, 0.05) is 30.9 Å². The lowest BCUT2D eigenvalue weighted by Crippen LogP contribution is -2.50. The standard InChI is InChI=1S/C21H24N2O3.C2HF3O2/c24-20(18-5-2-1-3-6-18)23-12-4-9-21(16-23)13-19(15-26-21)25-14-17-7-10-22-11-8-17;3-2(4,5)1(6)7/h1-3,5-8,10-11,19H,4,9,12-16H2;(H,6,7)/t19-,21+;/m1./s1. The van der Waals surface area contributed by atoms with Crippen molar-refractivity contribution in [1.29, 1.82) is 0 Å². The lowest BCUT2D eigenvalue weighted by Gasteiger charge is -2.39. The van der Waals surface area contributed by atoms with E-state index >= 15 is 0 Å². The van der Waals surface area contributed by atoms with E-state index in [0.717, 1.165) is 36.9 Å². The van der Waals surface area contributed by atoms with Gasteiger partial charge in [-0.2, -0.15) is 13.2 Å². The molecule has 178 valence electrons. The van der Waals surface area contributed by atoms with Crippen LogP contribution in [0.4, 0.5) is 13.2 Å². The Labute approximate surface area is 189 Å². The third kappa shape index (κ3) is 7.00. The summed E-state index contributed by atoms with van der Waals surface area (Å²) in [5.41, 5.74) is 1.60. The molecule has 2 fully saturated rings. The summed E-state index contributed by atoms with van der Waals surface area (Å²) in [5, 5.41) is 7.12. The molecule has 1 aromatic heterocycles. The minimum atomic E-state index is -5.08. The van der Waals surface area contributed by atoms with Crippen LogP contribution in [0.25, 0.3) is 0 Å². The van der Waals surface area contributed by atoms with Crippen LogP contribution in [0.15, 0.2) is 54.9 Å². The van der Waals surface area contributed by atoms with Crippen LogP contribution in [0.3, 0.4) is 0 Å². The SMILES string of the molecule is O=C(O)C(F)(F)F.O=C(c1ccccc1)N1CCC[C@]2(C[C@@H](OCc3ccncc3)CO2)C1. The van der Waals surface area contributed by atoms with Crippen LogP contribution in [-0.2, 0) is 20.9 Å². The minimum absolute atomic E-state index is 0.0787. The molecule has 0 radical (unpaired) electrons. The van der Waals surface area contributed by atoms with E-state index in [-0.39, 0.29) is 17.6 Å². The summed E-state index contributed by atoms with van der Waals surface area (Å²) in [6.07, 6.45) is 1.35. The molecule has 2 atom stereocenters. The van der Waals surface area contributed by atoms with Crippen molar-refractivity contribution in [3.05, 3.63) is 66.0 Å². The Kier molecular flexibility index (Phi) is 8.04. The van der Waals surface area contributed by atoms with Crippen LogP contribution < -0.4 is 0 Å². The highest BCUT2D eigenvalue weighted by Crippen LogP contribution is 2.36. The molecule has 33 heavy (non-hydrogen) atoms. The van der Waals surface area contributed by atoms with Gasteiger partial charge in [-0.3, -0.25) is 9.78 Å². The molecule has 1 spiro atoms. The smallest absolute Gasteiger partial charge is 0.475 e. The van der Waals surface area contributed by atoms with Crippen LogP contribution >= 0.6 is 0 Å². The second kappa shape index (κ2) is 10.8. The molecule has 2 aliphatic heterocycles. The van der Waals surface area contributed by atoms with Crippen molar-refractivity contribution in [2.75, 3.05) is 19.7 Å². The van der Waals surface area contributed by atoms with Crippen molar-refractivity contribution in [2.45, 2.75) is 43.8 Å². The topological polar surface area (TPSA) is 89.0 Å². The molecule has 2 aliphatic rings. The van der Waals surface area contributed by atoms with E-state index in [9.17, 15) is 18.0 Å². The lowest BCUT2D eigenvalue weighted by atomic mass is 9.89. The number of amides is 1. The molecule has 0 unspecified atom stereocenters. The Morgan fingerprint density at radius 2 is 1.85 bits per heavy atom. The number of rotatable bonds is 4. The summed E-state index contributed by atoms with van der Waals surface area (Å²) in [4.78, 5) is 27.6. The molecule has 3 heterocycles. The quantitative estimate of drug-likeness (QED) is 0.739. The number of aromatic nitrogens is 1. The molecule has 2 aromatic rings. The van der Waals surface area contributed by atoms with Crippen molar-refractivity contribution < 1.29 is 37.3 Å². The second-order valence-electron chi connectivity index (χ2n) is 7.99. The number of halogens is 3. The number of piperidine rings is 1. The van der Waals surface area contributed by atoms with Gasteiger partial charge in [0.25, 0.3) is 5.91 Å². The van der Waals surface area contributed by atoms with E-state index in [1.54, 1.807) is 12.4 Å². The lowest BCUT2D eigenvalue weighted by molar-refractivity contribution is -0.192. The van der Waals surface area contributed by atoms with Gasteiger partial charge >= 0.3 is 12.1 Å². The van der Waals surface area contributed by atoms with Crippen molar-refractivity contribution in [1.82, 2.24) is 9.88 Å². The molecule has 0 aliphatic carbocycles. The molecule has 2 saturated heterocycles. The summed E-state index contributed by atoms with van der Waals surface area (Å²) < 4.78 is 43.9. The third-order valence-electron chi connectivity index (χ3n) is 5.50. The number of benzene rings is 1. The zero-order valence-corrected chi connectivity index (χ0v) is 17.8. The molecule has 1 aromatic carbocycles. The normalized spacial score (nSPS) is 22.5. The number of ether oxygens (including phenoxy) is 2. The molecule has 1 amide bonds. The summed E-state index contributed by atoms with van der Waals surface area (Å²) >= 11 is 0. The van der Waals surface area contributed by atoms with E-state index in [1.165, 1.54) is 0 Å². The number of carboxylic acids is 1. The van der Waals surface area contributed by atoms with E-state index in [2.05, 4.69) is 4.98 Å². The highest BCUT2D eigenvalue weighted by atomic mass is 19.4. The number of carboxylic acid groups (broad SMARTS) is 1. The van der Waals surface area contributed by atoms with E-state index in [1.807, 2.05) is 47.4 Å². The first-order valence-electron chi connectivity index (χ1n) is 10.5. The van der Waals surface area contributed by atoms with E-state index in [4.69, 9.17) is 19.4 Å². The summed E-state index contributed by atoms with van der Waals surface area (Å²) in [6.45, 7) is 2.61. The van der Waals surface area contributed by atoms with Gasteiger partial charge in [-0.1, -0.05) is 18.2 Å². The molecule has 4 rings (SSSR count). The number of carbonyl (C=O) groups excluding carboxylic acids is 1. The van der Waals surface area contributed by atoms with Crippen molar-refractivity contribution in [2.24, 2.45) is 0 Å². The Bertz CT molecular complexity index is 927. The van der Waals surface area contributed by atoms with Gasteiger partial charge in [0.15, 0.2) is 0 Å². The molecule has 7 nitrogen and oxygen atoms in total. The van der Waals surface area contributed by atoms with Gasteiger partial charge < -0.3 is 19.5 Å². The Morgan fingerprint density at radius 1 is 1.18 bits per heavy atom. The number of hydrogen-bond acceptors (Lipinski definition) is 5. The van der Waals surface area contributed by atoms with Crippen LogP contribution in [0.1, 0.15) is 35.2 Å². The van der Waals surface area contributed by atoms with Crippen LogP contribution in [0.5, 0.6) is 0 Å². The molecular formula is C23H25F3N2O5. The Balaban J connectivity index is 0.000000383. The molecule has 10 heteroatoms. The number of pyridine rings is 1.